The third-order valence-corrected chi connectivity index (χ3v) is 5.73. The van der Waals surface area contributed by atoms with E-state index in [0.717, 1.165) is 25.7 Å². The average Bonchev–Trinajstić information content (AvgIpc) is 2.72. The van der Waals surface area contributed by atoms with Crippen molar-refractivity contribution < 1.29 is 29.3 Å². The van der Waals surface area contributed by atoms with Crippen molar-refractivity contribution in [3.8, 4) is 0 Å². The second-order valence-electron chi connectivity index (χ2n) is 9.78. The SMILES string of the molecule is C.CC(C)=CCC/C(C)=C/CC/C(C)=C/CSC[C@H](NC(=O)[C@H](CO)NC(=O)OC(C)(C)C)C(=O)O. The van der Waals surface area contributed by atoms with Crippen LogP contribution in [0.3, 0.4) is 0 Å². The van der Waals surface area contributed by atoms with Crippen LogP contribution in [-0.2, 0) is 14.3 Å². The Labute approximate surface area is 222 Å². The third-order valence-electron chi connectivity index (χ3n) is 4.76. The Morgan fingerprint density at radius 1 is 0.917 bits per heavy atom. The first kappa shape index (κ1) is 35.9. The zero-order valence-electron chi connectivity index (χ0n) is 22.3. The quantitative estimate of drug-likeness (QED) is 0.169. The normalized spacial score (nSPS) is 13.7. The maximum atomic E-state index is 12.4. The molecule has 9 heteroatoms. The van der Waals surface area contributed by atoms with E-state index >= 15 is 0 Å². The van der Waals surface area contributed by atoms with Crippen molar-refractivity contribution in [2.75, 3.05) is 18.1 Å². The van der Waals surface area contributed by atoms with Gasteiger partial charge in [-0.2, -0.15) is 11.8 Å². The Hall–Kier alpha value is -2.26. The van der Waals surface area contributed by atoms with Gasteiger partial charge < -0.3 is 25.6 Å². The maximum Gasteiger partial charge on any atom is 0.408 e. The second-order valence-corrected chi connectivity index (χ2v) is 10.9. The van der Waals surface area contributed by atoms with Gasteiger partial charge in [-0.3, -0.25) is 4.79 Å². The molecule has 0 saturated heterocycles. The number of rotatable bonds is 15. The monoisotopic (exact) mass is 528 g/mol. The van der Waals surface area contributed by atoms with Gasteiger partial charge >= 0.3 is 12.1 Å². The van der Waals surface area contributed by atoms with Crippen molar-refractivity contribution in [2.45, 2.75) is 99.3 Å². The van der Waals surface area contributed by atoms with E-state index in [2.05, 4.69) is 56.6 Å². The number of alkyl carbamates (subject to hydrolysis) is 1. The highest BCUT2D eigenvalue weighted by molar-refractivity contribution is 7.99. The smallest absolute Gasteiger partial charge is 0.408 e. The number of aliphatic carboxylic acids is 1. The Morgan fingerprint density at radius 3 is 1.97 bits per heavy atom. The number of ether oxygens (including phenoxy) is 1. The number of allylic oxidation sites excluding steroid dienone is 5. The number of hydrogen-bond acceptors (Lipinski definition) is 6. The molecule has 0 rings (SSSR count). The first-order valence-corrected chi connectivity index (χ1v) is 13.1. The first-order chi connectivity index (χ1) is 16.2. The summed E-state index contributed by atoms with van der Waals surface area (Å²) in [5.74, 6) is -1.20. The molecule has 0 radical (unpaired) electrons. The van der Waals surface area contributed by atoms with Gasteiger partial charge in [0, 0.05) is 11.5 Å². The molecule has 2 amide bonds. The molecule has 0 aliphatic rings. The van der Waals surface area contributed by atoms with Crippen LogP contribution in [0.5, 0.6) is 0 Å². The molecule has 0 spiro atoms. The lowest BCUT2D eigenvalue weighted by Gasteiger charge is -2.23. The van der Waals surface area contributed by atoms with Gasteiger partial charge in [-0.15, -0.1) is 0 Å². The Morgan fingerprint density at radius 2 is 1.47 bits per heavy atom. The summed E-state index contributed by atoms with van der Waals surface area (Å²) >= 11 is 1.39. The number of hydrogen-bond donors (Lipinski definition) is 4. The van der Waals surface area contributed by atoms with E-state index in [1.54, 1.807) is 20.8 Å². The molecule has 2 atom stereocenters. The van der Waals surface area contributed by atoms with Crippen LogP contribution in [0.4, 0.5) is 4.79 Å². The van der Waals surface area contributed by atoms with Crippen molar-refractivity contribution in [3.05, 3.63) is 34.9 Å². The van der Waals surface area contributed by atoms with E-state index in [0.29, 0.717) is 5.75 Å². The highest BCUT2D eigenvalue weighted by atomic mass is 32.2. The van der Waals surface area contributed by atoms with E-state index in [1.807, 2.05) is 0 Å². The number of nitrogens with one attached hydrogen (secondary N) is 2. The molecule has 36 heavy (non-hydrogen) atoms. The largest absolute Gasteiger partial charge is 0.480 e. The minimum Gasteiger partial charge on any atom is -0.480 e. The van der Waals surface area contributed by atoms with Crippen LogP contribution < -0.4 is 10.6 Å². The number of carbonyl (C=O) groups is 3. The molecule has 0 saturated carbocycles. The first-order valence-electron chi connectivity index (χ1n) is 11.9. The number of thioether (sulfide) groups is 1. The third kappa shape index (κ3) is 19.0. The molecule has 0 unspecified atom stereocenters. The minimum absolute atomic E-state index is 0. The van der Waals surface area contributed by atoms with Crippen molar-refractivity contribution in [1.29, 1.82) is 0 Å². The van der Waals surface area contributed by atoms with Crippen LogP contribution in [0.2, 0.25) is 0 Å². The number of amides is 2. The van der Waals surface area contributed by atoms with Crippen LogP contribution in [0.1, 0.15) is 81.6 Å². The second kappa shape index (κ2) is 18.9. The van der Waals surface area contributed by atoms with Crippen molar-refractivity contribution in [3.63, 3.8) is 0 Å². The molecular formula is C27H48N2O6S. The highest BCUT2D eigenvalue weighted by Gasteiger charge is 2.27. The van der Waals surface area contributed by atoms with Gasteiger partial charge in [0.25, 0.3) is 0 Å². The number of carboxylic acids is 1. The molecular weight excluding hydrogens is 480 g/mol. The van der Waals surface area contributed by atoms with Gasteiger partial charge in [0.05, 0.1) is 6.61 Å². The van der Waals surface area contributed by atoms with Crippen molar-refractivity contribution >= 4 is 29.7 Å². The molecule has 0 aromatic rings. The van der Waals surface area contributed by atoms with E-state index in [1.165, 1.54) is 28.5 Å². The summed E-state index contributed by atoms with van der Waals surface area (Å²) < 4.78 is 5.07. The van der Waals surface area contributed by atoms with Crippen molar-refractivity contribution in [1.82, 2.24) is 10.6 Å². The zero-order chi connectivity index (χ0) is 27.0. The lowest BCUT2D eigenvalue weighted by molar-refractivity contribution is -0.141. The fourth-order valence-electron chi connectivity index (χ4n) is 2.82. The lowest BCUT2D eigenvalue weighted by atomic mass is 10.1. The van der Waals surface area contributed by atoms with E-state index in [4.69, 9.17) is 4.74 Å². The van der Waals surface area contributed by atoms with Gasteiger partial charge in [-0.1, -0.05) is 42.4 Å². The van der Waals surface area contributed by atoms with Gasteiger partial charge in [0.15, 0.2) is 0 Å². The number of carbonyl (C=O) groups excluding carboxylic acids is 2. The summed E-state index contributed by atoms with van der Waals surface area (Å²) in [5.41, 5.74) is 3.17. The number of carboxylic acid groups (broad SMARTS) is 1. The molecule has 0 heterocycles. The number of aliphatic hydroxyl groups is 1. The van der Waals surface area contributed by atoms with Gasteiger partial charge in [0.1, 0.15) is 17.7 Å². The minimum atomic E-state index is -1.31. The van der Waals surface area contributed by atoms with Crippen molar-refractivity contribution in [2.24, 2.45) is 0 Å². The summed E-state index contributed by atoms with van der Waals surface area (Å²) in [6.45, 7) is 12.7. The van der Waals surface area contributed by atoms with Crippen LogP contribution in [-0.4, -0.2) is 64.0 Å². The Kier molecular flexibility index (Phi) is 18.9. The van der Waals surface area contributed by atoms with E-state index in [-0.39, 0.29) is 13.2 Å². The molecule has 0 aliphatic heterocycles. The molecule has 4 N–H and O–H groups in total. The van der Waals surface area contributed by atoms with Gasteiger partial charge in [-0.25, -0.2) is 9.59 Å². The molecule has 8 nitrogen and oxygen atoms in total. The van der Waals surface area contributed by atoms with Gasteiger partial charge in [-0.05, 0) is 74.1 Å². The summed E-state index contributed by atoms with van der Waals surface area (Å²) in [4.78, 5) is 35.8. The highest BCUT2D eigenvalue weighted by Crippen LogP contribution is 2.13. The maximum absolute atomic E-state index is 12.4. The fraction of sp³-hybridized carbons (Fsp3) is 0.667. The van der Waals surface area contributed by atoms with Crippen LogP contribution >= 0.6 is 11.8 Å². The predicted molar refractivity (Wildman–Crippen MR) is 149 cm³/mol. The van der Waals surface area contributed by atoms with Crippen LogP contribution in [0, 0.1) is 0 Å². The summed E-state index contributed by atoms with van der Waals surface area (Å²) in [5, 5.41) is 23.5. The number of aliphatic hydroxyl groups excluding tert-OH is 1. The zero-order valence-corrected chi connectivity index (χ0v) is 23.1. The van der Waals surface area contributed by atoms with E-state index in [9.17, 15) is 24.6 Å². The molecule has 0 bridgehead atoms. The van der Waals surface area contributed by atoms with Crippen LogP contribution in [0.15, 0.2) is 34.9 Å². The van der Waals surface area contributed by atoms with Gasteiger partial charge in [0.2, 0.25) is 5.91 Å². The lowest BCUT2D eigenvalue weighted by Crippen LogP contribution is -2.54. The average molecular weight is 529 g/mol. The molecule has 0 aromatic carbocycles. The predicted octanol–water partition coefficient (Wildman–Crippen LogP) is 5.23. The summed E-state index contributed by atoms with van der Waals surface area (Å²) in [6.07, 6.45) is 9.74. The molecule has 0 fully saturated rings. The van der Waals surface area contributed by atoms with Crippen LogP contribution in [0.25, 0.3) is 0 Å². The molecule has 0 aliphatic carbocycles. The van der Waals surface area contributed by atoms with E-state index < -0.39 is 42.3 Å². The Balaban J connectivity index is 0. The topological polar surface area (TPSA) is 125 Å². The fourth-order valence-corrected chi connectivity index (χ4v) is 3.82. The summed E-state index contributed by atoms with van der Waals surface area (Å²) in [7, 11) is 0. The standard InChI is InChI=1S/C26H44N2O6S.CH4/c1-18(2)10-8-11-19(3)12-9-13-20(4)14-15-35-17-22(24(31)32)27-23(30)21(16-29)28-25(33)34-26(5,6)7;/h10,12,14,21-22,29H,8-9,11,13,15-17H2,1-7H3,(H,27,30)(H,28,33)(H,31,32);1H4/b19-12+,20-14+;/t21-,22-;/m0./s1. The molecule has 208 valence electrons. The summed E-state index contributed by atoms with van der Waals surface area (Å²) in [6, 6.07) is -2.46. The molecule has 0 aromatic heterocycles. The Bertz CT molecular complexity index is 780.